The molecule has 0 spiro atoms. The number of rotatable bonds is 2. The molecule has 1 heterocycles. The topological polar surface area (TPSA) is 26.3 Å². The first-order valence-electron chi connectivity index (χ1n) is 3.34. The van der Waals surface area contributed by atoms with E-state index in [0.29, 0.717) is 0 Å². The van der Waals surface area contributed by atoms with E-state index < -0.39 is 0 Å². The Morgan fingerprint density at radius 3 is 2.77 bits per heavy atom. The molecule has 5 heteroatoms. The molecule has 0 aliphatic heterocycles. The van der Waals surface area contributed by atoms with Crippen molar-refractivity contribution in [2.75, 3.05) is 7.11 Å². The maximum Gasteiger partial charge on any atom is 0.330 e. The van der Waals surface area contributed by atoms with Crippen LogP contribution in [0.4, 0.5) is 0 Å². The molecule has 0 aliphatic rings. The van der Waals surface area contributed by atoms with Gasteiger partial charge in [0, 0.05) is 11.6 Å². The number of carbonyl (C=O) groups is 1. The number of carbonyl (C=O) groups excluding carboxylic acids is 1. The fourth-order valence-corrected chi connectivity index (χ4v) is 3.45. The summed E-state index contributed by atoms with van der Waals surface area (Å²) in [7, 11) is 1.35. The van der Waals surface area contributed by atoms with Crippen LogP contribution in [0.25, 0.3) is 6.08 Å². The molecule has 0 amide bonds. The maximum absolute atomic E-state index is 10.8. The van der Waals surface area contributed by atoms with Crippen LogP contribution in [-0.4, -0.2) is 13.1 Å². The van der Waals surface area contributed by atoms with Gasteiger partial charge in [-0.2, -0.15) is 0 Å². The third-order valence-electron chi connectivity index (χ3n) is 1.28. The Labute approximate surface area is 96.9 Å². The first-order chi connectivity index (χ1) is 6.13. The lowest BCUT2D eigenvalue weighted by Crippen LogP contribution is -1.92. The Bertz CT molecular complexity index is 344. The monoisotopic (exact) mass is 324 g/mol. The highest BCUT2D eigenvalue weighted by molar-refractivity contribution is 9.12. The predicted molar refractivity (Wildman–Crippen MR) is 60.8 cm³/mol. The zero-order valence-electron chi connectivity index (χ0n) is 6.71. The minimum atomic E-state index is -0.353. The van der Waals surface area contributed by atoms with Crippen molar-refractivity contribution in [1.29, 1.82) is 0 Å². The lowest BCUT2D eigenvalue weighted by atomic mass is 10.3. The standard InChI is InChI=1S/C8H6Br2O2S/c1-12-7(11)3-2-5-4-6(9)13-8(5)10/h2-4H,1H3/b3-2+. The zero-order chi connectivity index (χ0) is 9.84. The van der Waals surface area contributed by atoms with Crippen LogP contribution >= 0.6 is 43.2 Å². The van der Waals surface area contributed by atoms with Crippen LogP contribution in [0.3, 0.4) is 0 Å². The van der Waals surface area contributed by atoms with Gasteiger partial charge in [0.15, 0.2) is 0 Å². The Morgan fingerprint density at radius 1 is 1.62 bits per heavy atom. The Hall–Kier alpha value is -0.130. The first-order valence-corrected chi connectivity index (χ1v) is 5.74. The van der Waals surface area contributed by atoms with Crippen molar-refractivity contribution in [3.05, 3.63) is 25.3 Å². The molecule has 1 aromatic rings. The summed E-state index contributed by atoms with van der Waals surface area (Å²) >= 11 is 8.28. The zero-order valence-corrected chi connectivity index (χ0v) is 10.7. The number of hydrogen-bond donors (Lipinski definition) is 0. The van der Waals surface area contributed by atoms with Crippen LogP contribution in [0.2, 0.25) is 0 Å². The minimum Gasteiger partial charge on any atom is -0.466 e. The van der Waals surface area contributed by atoms with Crippen molar-refractivity contribution < 1.29 is 9.53 Å². The van der Waals surface area contributed by atoms with Crippen LogP contribution in [-0.2, 0) is 9.53 Å². The van der Waals surface area contributed by atoms with Gasteiger partial charge in [-0.1, -0.05) is 0 Å². The summed E-state index contributed by atoms with van der Waals surface area (Å²) in [6.07, 6.45) is 3.09. The van der Waals surface area contributed by atoms with Crippen LogP contribution in [0.15, 0.2) is 19.7 Å². The molecule has 70 valence electrons. The molecule has 13 heavy (non-hydrogen) atoms. The summed E-state index contributed by atoms with van der Waals surface area (Å²) in [5, 5.41) is 0. The van der Waals surface area contributed by atoms with Gasteiger partial charge in [0.05, 0.1) is 14.7 Å². The van der Waals surface area contributed by atoms with E-state index in [1.807, 2.05) is 6.07 Å². The molecule has 0 atom stereocenters. The second-order valence-corrected chi connectivity index (χ2v) is 5.89. The summed E-state index contributed by atoms with van der Waals surface area (Å²) in [5.74, 6) is -0.353. The van der Waals surface area contributed by atoms with Gasteiger partial charge in [-0.25, -0.2) is 4.79 Å². The molecule has 0 bridgehead atoms. The largest absolute Gasteiger partial charge is 0.466 e. The second-order valence-electron chi connectivity index (χ2n) is 2.14. The van der Waals surface area contributed by atoms with Crippen molar-refractivity contribution in [1.82, 2.24) is 0 Å². The van der Waals surface area contributed by atoms with Crippen LogP contribution in [0.1, 0.15) is 5.56 Å². The summed E-state index contributed by atoms with van der Waals surface area (Å²) in [4.78, 5) is 10.8. The van der Waals surface area contributed by atoms with E-state index in [9.17, 15) is 4.79 Å². The summed E-state index contributed by atoms with van der Waals surface area (Å²) in [6.45, 7) is 0. The van der Waals surface area contributed by atoms with Gasteiger partial charge < -0.3 is 4.74 Å². The molecule has 0 saturated heterocycles. The van der Waals surface area contributed by atoms with E-state index in [2.05, 4.69) is 36.6 Å². The van der Waals surface area contributed by atoms with Gasteiger partial charge in [-0.3, -0.25) is 0 Å². The maximum atomic E-state index is 10.8. The first kappa shape index (κ1) is 10.9. The fourth-order valence-electron chi connectivity index (χ4n) is 0.692. The van der Waals surface area contributed by atoms with Crippen molar-refractivity contribution >= 4 is 55.2 Å². The lowest BCUT2D eigenvalue weighted by Gasteiger charge is -1.89. The number of hydrogen-bond acceptors (Lipinski definition) is 3. The molecule has 0 aliphatic carbocycles. The molecule has 1 rings (SSSR count). The number of ether oxygens (including phenoxy) is 1. The molecular weight excluding hydrogens is 320 g/mol. The fraction of sp³-hybridized carbons (Fsp3) is 0.125. The Kier molecular flexibility index (Phi) is 4.15. The quantitative estimate of drug-likeness (QED) is 0.615. The molecule has 0 saturated carbocycles. The molecule has 0 fully saturated rings. The highest BCUT2D eigenvalue weighted by Gasteiger charge is 2.02. The van der Waals surface area contributed by atoms with E-state index in [0.717, 1.165) is 13.1 Å². The normalized spacial score (nSPS) is 10.7. The van der Waals surface area contributed by atoms with Crippen LogP contribution in [0.5, 0.6) is 0 Å². The van der Waals surface area contributed by atoms with Gasteiger partial charge >= 0.3 is 5.97 Å². The third-order valence-corrected chi connectivity index (χ3v) is 3.67. The van der Waals surface area contributed by atoms with E-state index in [1.165, 1.54) is 13.2 Å². The second kappa shape index (κ2) is 4.93. The Balaban J connectivity index is 2.79. The molecule has 2 nitrogen and oxygen atoms in total. The lowest BCUT2D eigenvalue weighted by molar-refractivity contribution is -0.134. The molecular formula is C8H6Br2O2S. The molecule has 0 radical (unpaired) electrons. The van der Waals surface area contributed by atoms with E-state index in [1.54, 1.807) is 17.4 Å². The van der Waals surface area contributed by atoms with Gasteiger partial charge in [-0.15, -0.1) is 11.3 Å². The summed E-state index contributed by atoms with van der Waals surface area (Å²) < 4.78 is 6.47. The van der Waals surface area contributed by atoms with Crippen LogP contribution < -0.4 is 0 Å². The predicted octanol–water partition coefficient (Wildman–Crippen LogP) is 3.46. The van der Waals surface area contributed by atoms with Gasteiger partial charge in [0.2, 0.25) is 0 Å². The summed E-state index contributed by atoms with van der Waals surface area (Å²) in [6, 6.07) is 1.92. The molecule has 0 unspecified atom stereocenters. The highest BCUT2D eigenvalue weighted by Crippen LogP contribution is 2.32. The van der Waals surface area contributed by atoms with Crippen molar-refractivity contribution in [3.8, 4) is 0 Å². The van der Waals surface area contributed by atoms with E-state index in [4.69, 9.17) is 0 Å². The molecule has 1 aromatic heterocycles. The van der Waals surface area contributed by atoms with Crippen molar-refractivity contribution in [2.24, 2.45) is 0 Å². The van der Waals surface area contributed by atoms with E-state index >= 15 is 0 Å². The smallest absolute Gasteiger partial charge is 0.330 e. The van der Waals surface area contributed by atoms with E-state index in [-0.39, 0.29) is 5.97 Å². The highest BCUT2D eigenvalue weighted by atomic mass is 79.9. The molecule has 0 aromatic carbocycles. The van der Waals surface area contributed by atoms with Crippen molar-refractivity contribution in [3.63, 3.8) is 0 Å². The summed E-state index contributed by atoms with van der Waals surface area (Å²) in [5.41, 5.74) is 0.960. The third kappa shape index (κ3) is 3.25. The molecule has 0 N–H and O–H groups in total. The number of halogens is 2. The van der Waals surface area contributed by atoms with Gasteiger partial charge in [0.25, 0.3) is 0 Å². The van der Waals surface area contributed by atoms with Gasteiger partial charge in [-0.05, 0) is 44.0 Å². The van der Waals surface area contributed by atoms with Crippen LogP contribution in [0, 0.1) is 0 Å². The minimum absolute atomic E-state index is 0.353. The van der Waals surface area contributed by atoms with Crippen molar-refractivity contribution in [2.45, 2.75) is 0 Å². The average molecular weight is 326 g/mol. The SMILES string of the molecule is COC(=O)/C=C/c1cc(Br)sc1Br. The number of methoxy groups -OCH3 is 1. The number of esters is 1. The average Bonchev–Trinajstić information content (AvgIpc) is 2.41. The Morgan fingerprint density at radius 2 is 2.31 bits per heavy atom. The number of thiophene rings is 1. The van der Waals surface area contributed by atoms with Gasteiger partial charge in [0.1, 0.15) is 0 Å².